The zero-order chi connectivity index (χ0) is 20.2. The predicted octanol–water partition coefficient (Wildman–Crippen LogP) is 4.02. The fourth-order valence-electron chi connectivity index (χ4n) is 3.88. The second kappa shape index (κ2) is 8.47. The van der Waals surface area contributed by atoms with Crippen molar-refractivity contribution in [2.75, 3.05) is 11.9 Å². The third-order valence-corrected chi connectivity index (χ3v) is 5.41. The minimum absolute atomic E-state index is 0.147. The van der Waals surface area contributed by atoms with Crippen LogP contribution in [0.3, 0.4) is 0 Å². The van der Waals surface area contributed by atoms with Gasteiger partial charge < -0.3 is 10.1 Å². The molecule has 2 aromatic rings. The molecule has 1 saturated carbocycles. The average Bonchev–Trinajstić information content (AvgIpc) is 3.32. The maximum Gasteiger partial charge on any atom is 0.261 e. The number of carbonyl (C=O) groups excluding carboxylic acids is 3. The van der Waals surface area contributed by atoms with Crippen LogP contribution in [0.15, 0.2) is 48.5 Å². The number of carbonyl (C=O) groups is 3. The van der Waals surface area contributed by atoms with E-state index < -0.39 is 0 Å². The molecule has 6 nitrogen and oxygen atoms in total. The average molecular weight is 392 g/mol. The zero-order valence-electron chi connectivity index (χ0n) is 16.2. The summed E-state index contributed by atoms with van der Waals surface area (Å²) in [6.45, 7) is 0.230. The summed E-state index contributed by atoms with van der Waals surface area (Å²) in [6, 6.07) is 14.2. The normalized spacial score (nSPS) is 16.2. The van der Waals surface area contributed by atoms with Crippen molar-refractivity contribution in [3.63, 3.8) is 0 Å². The lowest BCUT2D eigenvalue weighted by Crippen LogP contribution is -2.31. The van der Waals surface area contributed by atoms with Gasteiger partial charge in [0.25, 0.3) is 11.8 Å². The molecule has 29 heavy (non-hydrogen) atoms. The number of nitrogens with zero attached hydrogens (tertiary/aromatic N) is 1. The topological polar surface area (TPSA) is 75.7 Å². The molecule has 4 rings (SSSR count). The van der Waals surface area contributed by atoms with Crippen LogP contribution in [0.4, 0.5) is 5.69 Å². The minimum atomic E-state index is -0.288. The molecule has 2 aromatic carbocycles. The van der Waals surface area contributed by atoms with Gasteiger partial charge in [0.2, 0.25) is 5.91 Å². The van der Waals surface area contributed by atoms with Gasteiger partial charge in [-0.05, 0) is 68.5 Å². The minimum Gasteiger partial charge on any atom is -0.490 e. The number of anilines is 1. The van der Waals surface area contributed by atoms with Crippen LogP contribution in [0.25, 0.3) is 0 Å². The van der Waals surface area contributed by atoms with Crippen molar-refractivity contribution in [1.29, 1.82) is 0 Å². The summed E-state index contributed by atoms with van der Waals surface area (Å²) in [7, 11) is 0. The molecule has 0 atom stereocenters. The third-order valence-electron chi connectivity index (χ3n) is 5.41. The van der Waals surface area contributed by atoms with Crippen molar-refractivity contribution < 1.29 is 19.1 Å². The first-order valence-electron chi connectivity index (χ1n) is 10.1. The lowest BCUT2D eigenvalue weighted by Gasteiger charge is -2.14. The molecule has 0 spiro atoms. The lowest BCUT2D eigenvalue weighted by molar-refractivity contribution is -0.116. The van der Waals surface area contributed by atoms with E-state index in [1.807, 2.05) is 24.3 Å². The Labute approximate surface area is 169 Å². The summed E-state index contributed by atoms with van der Waals surface area (Å²) in [5.41, 5.74) is 1.57. The van der Waals surface area contributed by atoms with E-state index in [1.165, 1.54) is 17.7 Å². The van der Waals surface area contributed by atoms with E-state index in [4.69, 9.17) is 4.74 Å². The van der Waals surface area contributed by atoms with Gasteiger partial charge in [0.1, 0.15) is 5.75 Å². The van der Waals surface area contributed by atoms with Crippen LogP contribution in [0.2, 0.25) is 0 Å². The van der Waals surface area contributed by atoms with Crippen LogP contribution in [0.5, 0.6) is 5.75 Å². The molecule has 1 N–H and O–H groups in total. The second-order valence-corrected chi connectivity index (χ2v) is 7.51. The van der Waals surface area contributed by atoms with Crippen molar-refractivity contribution in [2.24, 2.45) is 0 Å². The Morgan fingerprint density at radius 2 is 1.59 bits per heavy atom. The highest BCUT2D eigenvalue weighted by Gasteiger charge is 2.34. The number of benzene rings is 2. The number of hydrogen-bond acceptors (Lipinski definition) is 4. The van der Waals surface area contributed by atoms with Gasteiger partial charge in [-0.1, -0.05) is 12.1 Å². The van der Waals surface area contributed by atoms with Gasteiger partial charge >= 0.3 is 0 Å². The molecule has 1 aliphatic heterocycles. The Hall–Kier alpha value is -3.15. The smallest absolute Gasteiger partial charge is 0.261 e. The van der Waals surface area contributed by atoms with Crippen molar-refractivity contribution in [3.8, 4) is 5.75 Å². The first-order valence-corrected chi connectivity index (χ1v) is 10.1. The summed E-state index contributed by atoms with van der Waals surface area (Å²) in [6.07, 6.45) is 5.60. The number of hydrogen-bond donors (Lipinski definition) is 1. The van der Waals surface area contributed by atoms with Crippen molar-refractivity contribution in [3.05, 3.63) is 59.7 Å². The molecule has 1 fully saturated rings. The monoisotopic (exact) mass is 392 g/mol. The van der Waals surface area contributed by atoms with E-state index in [9.17, 15) is 14.4 Å². The van der Waals surface area contributed by atoms with Crippen molar-refractivity contribution in [1.82, 2.24) is 4.90 Å². The summed E-state index contributed by atoms with van der Waals surface area (Å²) in [4.78, 5) is 38.1. The number of rotatable bonds is 7. The van der Waals surface area contributed by atoms with Gasteiger partial charge in [0, 0.05) is 18.7 Å². The molecule has 1 heterocycles. The first kappa shape index (κ1) is 19.2. The Kier molecular flexibility index (Phi) is 5.60. The Morgan fingerprint density at radius 3 is 2.21 bits per heavy atom. The van der Waals surface area contributed by atoms with Crippen molar-refractivity contribution in [2.45, 2.75) is 44.6 Å². The van der Waals surface area contributed by atoms with Crippen LogP contribution in [-0.2, 0) is 4.79 Å². The molecular weight excluding hydrogens is 368 g/mol. The van der Waals surface area contributed by atoms with Crippen LogP contribution in [0.1, 0.15) is 59.2 Å². The van der Waals surface area contributed by atoms with Gasteiger partial charge in [-0.25, -0.2) is 0 Å². The lowest BCUT2D eigenvalue weighted by atomic mass is 10.1. The highest BCUT2D eigenvalue weighted by Crippen LogP contribution is 2.25. The van der Waals surface area contributed by atoms with Crippen molar-refractivity contribution >= 4 is 23.4 Å². The van der Waals surface area contributed by atoms with Gasteiger partial charge in [-0.3, -0.25) is 19.3 Å². The fraction of sp³-hybridized carbons (Fsp3) is 0.348. The quantitative estimate of drug-likeness (QED) is 0.722. The predicted molar refractivity (Wildman–Crippen MR) is 109 cm³/mol. The van der Waals surface area contributed by atoms with Crippen LogP contribution in [-0.4, -0.2) is 35.3 Å². The maximum absolute atomic E-state index is 12.3. The number of fused-ring (bicyclic) bond motifs is 1. The van der Waals surface area contributed by atoms with Gasteiger partial charge in [0.15, 0.2) is 0 Å². The van der Waals surface area contributed by atoms with E-state index in [-0.39, 0.29) is 30.7 Å². The second-order valence-electron chi connectivity index (χ2n) is 7.51. The standard InChI is InChI=1S/C23H24N2O4/c26-21(24-16-11-13-18(14-12-16)29-17-6-1-2-7-17)10-5-15-25-22(27)19-8-3-4-9-20(19)23(25)28/h3-4,8-9,11-14,17H,1-2,5-7,10,15H2,(H,24,26). The Morgan fingerprint density at radius 1 is 0.966 bits per heavy atom. The summed E-state index contributed by atoms with van der Waals surface area (Å²) >= 11 is 0. The zero-order valence-corrected chi connectivity index (χ0v) is 16.2. The number of imide groups is 1. The van der Waals surface area contributed by atoms with E-state index in [0.29, 0.717) is 29.3 Å². The summed E-state index contributed by atoms with van der Waals surface area (Å²) in [5, 5.41) is 2.84. The Bertz CT molecular complexity index is 882. The highest BCUT2D eigenvalue weighted by atomic mass is 16.5. The van der Waals surface area contributed by atoms with Gasteiger partial charge in [0.05, 0.1) is 17.2 Å². The van der Waals surface area contributed by atoms with E-state index in [2.05, 4.69) is 5.32 Å². The molecule has 0 radical (unpaired) electrons. The molecule has 3 amide bonds. The summed E-state index contributed by atoms with van der Waals surface area (Å²) in [5.74, 6) is 0.0966. The first-order chi connectivity index (χ1) is 14.1. The fourth-order valence-corrected chi connectivity index (χ4v) is 3.88. The SMILES string of the molecule is O=C(CCCN1C(=O)c2ccccc2C1=O)Nc1ccc(OC2CCCC2)cc1. The van der Waals surface area contributed by atoms with E-state index in [0.717, 1.165) is 18.6 Å². The molecule has 0 bridgehead atoms. The number of amides is 3. The molecule has 1 aliphatic carbocycles. The highest BCUT2D eigenvalue weighted by molar-refractivity contribution is 6.21. The molecular formula is C23H24N2O4. The Balaban J connectivity index is 1.23. The van der Waals surface area contributed by atoms with E-state index in [1.54, 1.807) is 24.3 Å². The molecule has 6 heteroatoms. The van der Waals surface area contributed by atoms with Crippen LogP contribution >= 0.6 is 0 Å². The third kappa shape index (κ3) is 4.31. The van der Waals surface area contributed by atoms with E-state index >= 15 is 0 Å². The summed E-state index contributed by atoms with van der Waals surface area (Å²) < 4.78 is 5.92. The van der Waals surface area contributed by atoms with Crippen LogP contribution in [0, 0.1) is 0 Å². The van der Waals surface area contributed by atoms with Gasteiger partial charge in [-0.2, -0.15) is 0 Å². The molecule has 0 unspecified atom stereocenters. The van der Waals surface area contributed by atoms with Gasteiger partial charge in [-0.15, -0.1) is 0 Å². The maximum atomic E-state index is 12.3. The largest absolute Gasteiger partial charge is 0.490 e. The number of nitrogens with one attached hydrogen (secondary N) is 1. The molecule has 0 saturated heterocycles. The van der Waals surface area contributed by atoms with Crippen LogP contribution < -0.4 is 10.1 Å². The molecule has 2 aliphatic rings. The molecule has 0 aromatic heterocycles. The number of ether oxygens (including phenoxy) is 1. The molecule has 150 valence electrons.